The average molecular weight is 302 g/mol. The first-order valence-corrected chi connectivity index (χ1v) is 6.67. The van der Waals surface area contributed by atoms with Gasteiger partial charge in [-0.05, 0) is 31.0 Å². The molecule has 4 nitrogen and oxygen atoms in total. The van der Waals surface area contributed by atoms with E-state index >= 15 is 0 Å². The molecule has 0 saturated carbocycles. The van der Waals surface area contributed by atoms with E-state index in [9.17, 15) is 13.2 Å². The Morgan fingerprint density at radius 1 is 1.40 bits per heavy atom. The van der Waals surface area contributed by atoms with Gasteiger partial charge in [0.1, 0.15) is 6.33 Å². The van der Waals surface area contributed by atoms with Gasteiger partial charge in [-0.15, -0.1) is 0 Å². The lowest BCUT2D eigenvalue weighted by atomic mass is 10.0. The second-order valence-corrected chi connectivity index (χ2v) is 5.45. The average Bonchev–Trinajstić information content (AvgIpc) is 2.82. The van der Waals surface area contributed by atoms with Gasteiger partial charge in [0.25, 0.3) is 0 Å². The van der Waals surface area contributed by atoms with Crippen LogP contribution < -0.4 is 5.73 Å². The molecule has 0 radical (unpaired) electrons. The number of nitrogens with two attached hydrogens (primary N) is 1. The minimum atomic E-state index is -4.40. The molecule has 0 amide bonds. The molecule has 0 aliphatic carbocycles. The van der Waals surface area contributed by atoms with Crippen LogP contribution in [0.3, 0.4) is 0 Å². The largest absolute Gasteiger partial charge is 0.416 e. The number of hydrogen-bond acceptors (Lipinski definition) is 4. The molecule has 0 aliphatic heterocycles. The molecule has 1 unspecified atom stereocenters. The standard InChI is InChI=1S/C12H13F3N4S/c1-7(16)4-8-2-3-9(5-10(8)12(13,14)15)20-11-17-6-18-19-11/h2-3,5-7H,4,16H2,1H3,(H,17,18,19). The Balaban J connectivity index is 2.33. The zero-order valence-corrected chi connectivity index (χ0v) is 11.4. The molecule has 0 aliphatic rings. The number of nitrogens with one attached hydrogen (secondary N) is 1. The van der Waals surface area contributed by atoms with E-state index in [2.05, 4.69) is 15.2 Å². The second-order valence-electron chi connectivity index (χ2n) is 4.39. The van der Waals surface area contributed by atoms with E-state index in [4.69, 9.17) is 5.73 Å². The van der Waals surface area contributed by atoms with Gasteiger partial charge in [0.05, 0.1) is 5.56 Å². The summed E-state index contributed by atoms with van der Waals surface area (Å²) in [5, 5.41) is 6.68. The predicted octanol–water partition coefficient (Wildman–Crippen LogP) is 2.86. The SMILES string of the molecule is CC(N)Cc1ccc(Sc2ncn[nH]2)cc1C(F)(F)F. The van der Waals surface area contributed by atoms with Crippen LogP contribution in [0, 0.1) is 0 Å². The highest BCUT2D eigenvalue weighted by Crippen LogP contribution is 2.36. The maximum absolute atomic E-state index is 13.1. The fraction of sp³-hybridized carbons (Fsp3) is 0.333. The normalized spacial score (nSPS) is 13.4. The molecule has 0 saturated heterocycles. The van der Waals surface area contributed by atoms with Crippen LogP contribution in [0.2, 0.25) is 0 Å². The van der Waals surface area contributed by atoms with Gasteiger partial charge in [0, 0.05) is 10.9 Å². The van der Waals surface area contributed by atoms with E-state index < -0.39 is 11.7 Å². The minimum Gasteiger partial charge on any atom is -0.328 e. The fourth-order valence-corrected chi connectivity index (χ4v) is 2.50. The number of benzene rings is 1. The molecular weight excluding hydrogens is 289 g/mol. The van der Waals surface area contributed by atoms with Crippen molar-refractivity contribution in [3.05, 3.63) is 35.7 Å². The van der Waals surface area contributed by atoms with Crippen LogP contribution in [0.15, 0.2) is 34.6 Å². The zero-order chi connectivity index (χ0) is 14.8. The topological polar surface area (TPSA) is 67.6 Å². The number of aromatic nitrogens is 3. The lowest BCUT2D eigenvalue weighted by Crippen LogP contribution is -2.20. The van der Waals surface area contributed by atoms with Crippen molar-refractivity contribution in [3.8, 4) is 0 Å². The summed E-state index contributed by atoms with van der Waals surface area (Å²) in [4.78, 5) is 4.32. The van der Waals surface area contributed by atoms with Gasteiger partial charge in [0.15, 0.2) is 5.16 Å². The first-order chi connectivity index (χ1) is 9.36. The van der Waals surface area contributed by atoms with Crippen LogP contribution >= 0.6 is 11.8 Å². The monoisotopic (exact) mass is 302 g/mol. The number of rotatable bonds is 4. The first kappa shape index (κ1) is 14.9. The molecule has 1 heterocycles. The third-order valence-electron chi connectivity index (χ3n) is 2.54. The van der Waals surface area contributed by atoms with Crippen LogP contribution in [0.5, 0.6) is 0 Å². The Bertz CT molecular complexity index is 567. The van der Waals surface area contributed by atoms with Crippen molar-refractivity contribution in [2.75, 3.05) is 0 Å². The third-order valence-corrected chi connectivity index (χ3v) is 3.42. The van der Waals surface area contributed by atoms with Gasteiger partial charge in [-0.3, -0.25) is 5.10 Å². The second kappa shape index (κ2) is 5.84. The highest BCUT2D eigenvalue weighted by atomic mass is 32.2. The smallest absolute Gasteiger partial charge is 0.328 e. The molecule has 2 aromatic rings. The lowest BCUT2D eigenvalue weighted by molar-refractivity contribution is -0.138. The highest BCUT2D eigenvalue weighted by Gasteiger charge is 2.33. The van der Waals surface area contributed by atoms with Gasteiger partial charge in [-0.25, -0.2) is 4.98 Å². The van der Waals surface area contributed by atoms with Crippen molar-refractivity contribution >= 4 is 11.8 Å². The number of halogens is 3. The van der Waals surface area contributed by atoms with E-state index in [0.717, 1.165) is 17.8 Å². The van der Waals surface area contributed by atoms with Crippen molar-refractivity contribution in [2.24, 2.45) is 5.73 Å². The van der Waals surface area contributed by atoms with E-state index in [1.165, 1.54) is 12.4 Å². The van der Waals surface area contributed by atoms with Gasteiger partial charge in [-0.2, -0.15) is 18.3 Å². The molecule has 0 bridgehead atoms. The van der Waals surface area contributed by atoms with E-state index in [1.807, 2.05) is 0 Å². The molecule has 2 rings (SSSR count). The molecule has 108 valence electrons. The number of aromatic amines is 1. The summed E-state index contributed by atoms with van der Waals surface area (Å²) in [6.07, 6.45) is -2.91. The summed E-state index contributed by atoms with van der Waals surface area (Å²) in [5.74, 6) is 0. The minimum absolute atomic E-state index is 0.183. The predicted molar refractivity (Wildman–Crippen MR) is 69.3 cm³/mol. The lowest BCUT2D eigenvalue weighted by Gasteiger charge is -2.15. The summed E-state index contributed by atoms with van der Waals surface area (Å²) in [6, 6.07) is 3.87. The molecule has 1 atom stereocenters. The quantitative estimate of drug-likeness (QED) is 0.911. The van der Waals surface area contributed by atoms with Gasteiger partial charge in [-0.1, -0.05) is 17.8 Å². The fourth-order valence-electron chi connectivity index (χ4n) is 1.76. The van der Waals surface area contributed by atoms with Crippen LogP contribution in [-0.4, -0.2) is 21.2 Å². The molecular formula is C12H13F3N4S. The van der Waals surface area contributed by atoms with E-state index in [1.54, 1.807) is 13.0 Å². The Labute approximate surface area is 118 Å². The molecule has 8 heteroatoms. The van der Waals surface area contributed by atoms with Crippen molar-refractivity contribution in [2.45, 2.75) is 35.6 Å². The third kappa shape index (κ3) is 3.73. The van der Waals surface area contributed by atoms with Crippen molar-refractivity contribution in [1.82, 2.24) is 15.2 Å². The van der Waals surface area contributed by atoms with Gasteiger partial charge < -0.3 is 5.73 Å². The summed E-state index contributed by atoms with van der Waals surface area (Å²) < 4.78 is 39.2. The molecule has 3 N–H and O–H groups in total. The zero-order valence-electron chi connectivity index (χ0n) is 10.6. The molecule has 0 spiro atoms. The Kier molecular flexibility index (Phi) is 4.34. The highest BCUT2D eigenvalue weighted by molar-refractivity contribution is 7.99. The van der Waals surface area contributed by atoms with E-state index in [-0.39, 0.29) is 18.0 Å². The molecule has 1 aromatic heterocycles. The molecule has 20 heavy (non-hydrogen) atoms. The maximum Gasteiger partial charge on any atom is 0.416 e. The summed E-state index contributed by atoms with van der Waals surface area (Å²) >= 11 is 1.09. The van der Waals surface area contributed by atoms with Crippen molar-refractivity contribution in [1.29, 1.82) is 0 Å². The first-order valence-electron chi connectivity index (χ1n) is 5.85. The van der Waals surface area contributed by atoms with Crippen LogP contribution in [0.25, 0.3) is 0 Å². The van der Waals surface area contributed by atoms with Crippen molar-refractivity contribution in [3.63, 3.8) is 0 Å². The van der Waals surface area contributed by atoms with E-state index in [0.29, 0.717) is 10.1 Å². The van der Waals surface area contributed by atoms with Gasteiger partial charge in [0.2, 0.25) is 0 Å². The summed E-state index contributed by atoms with van der Waals surface area (Å²) in [6.45, 7) is 1.68. The van der Waals surface area contributed by atoms with Crippen LogP contribution in [0.4, 0.5) is 13.2 Å². The Hall–Kier alpha value is -1.54. The summed E-state index contributed by atoms with van der Waals surface area (Å²) in [7, 11) is 0. The Morgan fingerprint density at radius 2 is 2.15 bits per heavy atom. The summed E-state index contributed by atoms with van der Waals surface area (Å²) in [5.41, 5.74) is 5.14. The maximum atomic E-state index is 13.1. The molecule has 1 aromatic carbocycles. The van der Waals surface area contributed by atoms with Gasteiger partial charge >= 0.3 is 6.18 Å². The van der Waals surface area contributed by atoms with Crippen LogP contribution in [0.1, 0.15) is 18.1 Å². The van der Waals surface area contributed by atoms with Crippen molar-refractivity contribution < 1.29 is 13.2 Å². The number of alkyl halides is 3. The number of H-pyrrole nitrogens is 1. The number of nitrogens with zero attached hydrogens (tertiary/aromatic N) is 2. The Morgan fingerprint density at radius 3 is 2.70 bits per heavy atom. The van der Waals surface area contributed by atoms with Crippen LogP contribution in [-0.2, 0) is 12.6 Å². The number of hydrogen-bond donors (Lipinski definition) is 2. The molecule has 0 fully saturated rings.